The lowest BCUT2D eigenvalue weighted by atomic mass is 9.98. The van der Waals surface area contributed by atoms with E-state index in [-0.39, 0.29) is 11.8 Å². The molecule has 2 aromatic carbocycles. The summed E-state index contributed by atoms with van der Waals surface area (Å²) >= 11 is 0. The summed E-state index contributed by atoms with van der Waals surface area (Å²) in [7, 11) is 0. The van der Waals surface area contributed by atoms with Gasteiger partial charge in [0.05, 0.1) is 12.2 Å². The van der Waals surface area contributed by atoms with Gasteiger partial charge in [0.15, 0.2) is 0 Å². The highest BCUT2D eigenvalue weighted by Gasteiger charge is 2.26. The predicted molar refractivity (Wildman–Crippen MR) is 121 cm³/mol. The second kappa shape index (κ2) is 10.5. The molecule has 31 heavy (non-hydrogen) atoms. The van der Waals surface area contributed by atoms with Crippen LogP contribution >= 0.6 is 0 Å². The highest BCUT2D eigenvalue weighted by molar-refractivity contribution is 5.97. The van der Waals surface area contributed by atoms with Gasteiger partial charge in [-0.05, 0) is 56.2 Å². The van der Waals surface area contributed by atoms with Gasteiger partial charge in [0.25, 0.3) is 5.91 Å². The van der Waals surface area contributed by atoms with E-state index in [0.29, 0.717) is 36.3 Å². The zero-order valence-corrected chi connectivity index (χ0v) is 18.1. The fraction of sp³-hybridized carbons (Fsp3) is 0.462. The molecule has 1 saturated carbocycles. The standard InChI is InChI=1S/C26H32N2O3/c29-25(14-6-10-20-8-2-1-3-9-20)28-17-7-11-21(18-28)19-31-24-13-5-4-12-23(24)26(30)27-22-15-16-22/h1-5,8-9,12-13,21-22H,6-7,10-11,14-19H2,(H,27,30). The molecule has 1 heterocycles. The Balaban J connectivity index is 1.24. The van der Waals surface area contributed by atoms with E-state index in [1.807, 2.05) is 47.4 Å². The van der Waals surface area contributed by atoms with Gasteiger partial charge in [0, 0.05) is 31.5 Å². The number of carbonyl (C=O) groups is 2. The second-order valence-electron chi connectivity index (χ2n) is 8.74. The molecule has 0 aromatic heterocycles. The quantitative estimate of drug-likeness (QED) is 0.661. The topological polar surface area (TPSA) is 58.6 Å². The number of aryl methyl sites for hydroxylation is 1. The Morgan fingerprint density at radius 2 is 1.77 bits per heavy atom. The molecular weight excluding hydrogens is 388 g/mol. The summed E-state index contributed by atoms with van der Waals surface area (Å²) in [4.78, 5) is 27.2. The number of hydrogen-bond donors (Lipinski definition) is 1. The molecule has 4 rings (SSSR count). The Morgan fingerprint density at radius 1 is 1.00 bits per heavy atom. The van der Waals surface area contributed by atoms with Crippen LogP contribution in [0.3, 0.4) is 0 Å². The molecule has 2 aliphatic rings. The molecule has 1 atom stereocenters. The fourth-order valence-corrected chi connectivity index (χ4v) is 4.15. The van der Waals surface area contributed by atoms with Crippen molar-refractivity contribution in [2.75, 3.05) is 19.7 Å². The van der Waals surface area contributed by atoms with E-state index in [9.17, 15) is 9.59 Å². The van der Waals surface area contributed by atoms with Crippen molar-refractivity contribution in [2.24, 2.45) is 5.92 Å². The van der Waals surface area contributed by atoms with Gasteiger partial charge in [-0.3, -0.25) is 9.59 Å². The van der Waals surface area contributed by atoms with Crippen LogP contribution in [-0.2, 0) is 11.2 Å². The summed E-state index contributed by atoms with van der Waals surface area (Å²) in [5.41, 5.74) is 1.88. The van der Waals surface area contributed by atoms with Crippen molar-refractivity contribution in [3.8, 4) is 5.75 Å². The summed E-state index contributed by atoms with van der Waals surface area (Å²) in [5, 5.41) is 3.03. The van der Waals surface area contributed by atoms with Gasteiger partial charge in [-0.2, -0.15) is 0 Å². The van der Waals surface area contributed by atoms with Crippen molar-refractivity contribution in [1.82, 2.24) is 10.2 Å². The van der Waals surface area contributed by atoms with Crippen LogP contribution in [0.15, 0.2) is 54.6 Å². The van der Waals surface area contributed by atoms with E-state index in [1.54, 1.807) is 0 Å². The number of amides is 2. The molecule has 1 aliphatic carbocycles. The van der Waals surface area contributed by atoms with Crippen molar-refractivity contribution in [2.45, 2.75) is 51.0 Å². The normalized spacial score (nSPS) is 18.5. The molecule has 5 heteroatoms. The first kappa shape index (κ1) is 21.4. The molecule has 164 valence electrons. The van der Waals surface area contributed by atoms with E-state index in [2.05, 4.69) is 17.4 Å². The van der Waals surface area contributed by atoms with E-state index in [4.69, 9.17) is 4.74 Å². The molecule has 1 unspecified atom stereocenters. The van der Waals surface area contributed by atoms with Gasteiger partial charge < -0.3 is 15.0 Å². The molecule has 0 spiro atoms. The smallest absolute Gasteiger partial charge is 0.255 e. The van der Waals surface area contributed by atoms with Crippen LogP contribution < -0.4 is 10.1 Å². The fourth-order valence-electron chi connectivity index (χ4n) is 4.15. The van der Waals surface area contributed by atoms with E-state index >= 15 is 0 Å². The van der Waals surface area contributed by atoms with Crippen molar-refractivity contribution in [1.29, 1.82) is 0 Å². The summed E-state index contributed by atoms with van der Waals surface area (Å²) in [6.45, 7) is 2.10. The van der Waals surface area contributed by atoms with Crippen LogP contribution in [-0.4, -0.2) is 42.5 Å². The summed E-state index contributed by atoms with van der Waals surface area (Å²) < 4.78 is 6.07. The van der Waals surface area contributed by atoms with Gasteiger partial charge in [0.1, 0.15) is 5.75 Å². The Bertz CT molecular complexity index is 879. The monoisotopic (exact) mass is 420 g/mol. The molecule has 2 aromatic rings. The van der Waals surface area contributed by atoms with Crippen LogP contribution in [0.2, 0.25) is 0 Å². The van der Waals surface area contributed by atoms with Crippen LogP contribution in [0.25, 0.3) is 0 Å². The lowest BCUT2D eigenvalue weighted by molar-refractivity contribution is -0.133. The number of nitrogens with one attached hydrogen (secondary N) is 1. The van der Waals surface area contributed by atoms with Gasteiger partial charge in [-0.25, -0.2) is 0 Å². The van der Waals surface area contributed by atoms with Crippen LogP contribution in [0.1, 0.15) is 54.4 Å². The maximum atomic E-state index is 12.7. The third-order valence-corrected chi connectivity index (χ3v) is 6.09. The minimum atomic E-state index is -0.0584. The van der Waals surface area contributed by atoms with Gasteiger partial charge in [0.2, 0.25) is 5.91 Å². The Morgan fingerprint density at radius 3 is 2.58 bits per heavy atom. The largest absolute Gasteiger partial charge is 0.492 e. The number of rotatable bonds is 9. The zero-order chi connectivity index (χ0) is 21.5. The number of nitrogens with zero attached hydrogens (tertiary/aromatic N) is 1. The summed E-state index contributed by atoms with van der Waals surface area (Å²) in [6.07, 6.45) is 6.58. The van der Waals surface area contributed by atoms with Crippen molar-refractivity contribution in [3.63, 3.8) is 0 Å². The number of para-hydroxylation sites is 1. The average molecular weight is 421 g/mol. The van der Waals surface area contributed by atoms with Crippen LogP contribution in [0.5, 0.6) is 5.75 Å². The summed E-state index contributed by atoms with van der Waals surface area (Å²) in [5.74, 6) is 1.11. The van der Waals surface area contributed by atoms with Gasteiger partial charge in [-0.1, -0.05) is 42.5 Å². The van der Waals surface area contributed by atoms with Crippen LogP contribution in [0.4, 0.5) is 0 Å². The maximum absolute atomic E-state index is 12.7. The molecule has 2 fully saturated rings. The lowest BCUT2D eigenvalue weighted by Gasteiger charge is -2.33. The van der Waals surface area contributed by atoms with Gasteiger partial charge >= 0.3 is 0 Å². The molecular formula is C26H32N2O3. The molecule has 1 N–H and O–H groups in total. The number of benzene rings is 2. The second-order valence-corrected chi connectivity index (χ2v) is 8.74. The summed E-state index contributed by atoms with van der Waals surface area (Å²) in [6, 6.07) is 18.1. The minimum Gasteiger partial charge on any atom is -0.492 e. The first-order valence-corrected chi connectivity index (χ1v) is 11.5. The first-order valence-electron chi connectivity index (χ1n) is 11.5. The third kappa shape index (κ3) is 6.33. The number of carbonyl (C=O) groups excluding carboxylic acids is 2. The van der Waals surface area contributed by atoms with Crippen molar-refractivity contribution < 1.29 is 14.3 Å². The lowest BCUT2D eigenvalue weighted by Crippen LogP contribution is -2.41. The van der Waals surface area contributed by atoms with Crippen LogP contribution in [0, 0.1) is 5.92 Å². The molecule has 0 radical (unpaired) electrons. The Kier molecular flexibility index (Phi) is 7.23. The van der Waals surface area contributed by atoms with Crippen molar-refractivity contribution in [3.05, 3.63) is 65.7 Å². The zero-order valence-electron chi connectivity index (χ0n) is 18.1. The average Bonchev–Trinajstić information content (AvgIpc) is 3.63. The molecule has 0 bridgehead atoms. The minimum absolute atomic E-state index is 0.0584. The Hall–Kier alpha value is -2.82. The molecule has 2 amide bonds. The first-order chi connectivity index (χ1) is 15.2. The third-order valence-electron chi connectivity index (χ3n) is 6.09. The van der Waals surface area contributed by atoms with E-state index < -0.39 is 0 Å². The SMILES string of the molecule is O=C(NC1CC1)c1ccccc1OCC1CCCN(C(=O)CCCc2ccccc2)C1. The van der Waals surface area contributed by atoms with E-state index in [1.165, 1.54) is 5.56 Å². The maximum Gasteiger partial charge on any atom is 0.255 e. The van der Waals surface area contributed by atoms with Crippen molar-refractivity contribution >= 4 is 11.8 Å². The molecule has 5 nitrogen and oxygen atoms in total. The number of ether oxygens (including phenoxy) is 1. The Labute approximate surface area is 184 Å². The highest BCUT2D eigenvalue weighted by atomic mass is 16.5. The number of piperidine rings is 1. The van der Waals surface area contributed by atoms with Gasteiger partial charge in [-0.15, -0.1) is 0 Å². The highest BCUT2D eigenvalue weighted by Crippen LogP contribution is 2.24. The number of hydrogen-bond acceptors (Lipinski definition) is 3. The molecule has 1 aliphatic heterocycles. The van der Waals surface area contributed by atoms with E-state index in [0.717, 1.165) is 51.6 Å². The molecule has 1 saturated heterocycles. The predicted octanol–water partition coefficient (Wildman–Crippen LogP) is 4.22. The number of likely N-dealkylation sites (tertiary alicyclic amines) is 1.